The molecule has 5 rings (SSSR count). The molecule has 2 fully saturated rings. The Morgan fingerprint density at radius 3 is 2.35 bits per heavy atom. The van der Waals surface area contributed by atoms with Crippen molar-refractivity contribution < 1.29 is 19.4 Å². The van der Waals surface area contributed by atoms with Crippen molar-refractivity contribution in [3.05, 3.63) is 22.8 Å². The quantitative estimate of drug-likeness (QED) is 0.378. The number of aliphatic hydroxyl groups is 1. The summed E-state index contributed by atoms with van der Waals surface area (Å²) in [4.78, 5) is 24.8. The van der Waals surface area contributed by atoms with Crippen LogP contribution in [-0.4, -0.2) is 22.6 Å². The van der Waals surface area contributed by atoms with Gasteiger partial charge in [-0.15, -0.1) is 0 Å². The molecule has 34 heavy (non-hydrogen) atoms. The predicted molar refractivity (Wildman–Crippen MR) is 133 cm³/mol. The number of ether oxygens (including phenoxy) is 1. The van der Waals surface area contributed by atoms with E-state index >= 15 is 0 Å². The molecule has 7 atom stereocenters. The van der Waals surface area contributed by atoms with Gasteiger partial charge in [0.15, 0.2) is 0 Å². The van der Waals surface area contributed by atoms with E-state index in [1.165, 1.54) is 12.8 Å². The molecular formula is C30H44O4. The van der Waals surface area contributed by atoms with Gasteiger partial charge in [-0.25, -0.2) is 4.79 Å². The Labute approximate surface area is 205 Å². The molecule has 0 saturated heterocycles. The number of esters is 1. The first kappa shape index (κ1) is 24.3. The van der Waals surface area contributed by atoms with E-state index in [1.54, 1.807) is 24.1 Å². The maximum Gasteiger partial charge on any atom is 0.336 e. The Bertz CT molecular complexity index is 1000. The Morgan fingerprint density at radius 2 is 1.71 bits per heavy atom. The van der Waals surface area contributed by atoms with Crippen LogP contribution in [0.2, 0.25) is 0 Å². The molecule has 5 aliphatic rings. The zero-order chi connectivity index (χ0) is 24.9. The van der Waals surface area contributed by atoms with E-state index in [2.05, 4.69) is 41.5 Å². The van der Waals surface area contributed by atoms with Crippen molar-refractivity contribution in [1.82, 2.24) is 0 Å². The average molecular weight is 469 g/mol. The molecule has 0 aromatic rings. The van der Waals surface area contributed by atoms with Crippen molar-refractivity contribution in [3.63, 3.8) is 0 Å². The third-order valence-corrected chi connectivity index (χ3v) is 11.9. The third-order valence-electron chi connectivity index (χ3n) is 11.9. The second kappa shape index (κ2) is 7.31. The number of rotatable bonds is 3. The van der Waals surface area contributed by atoms with Crippen LogP contribution in [0.5, 0.6) is 0 Å². The number of hydrogen-bond acceptors (Lipinski definition) is 4. The molecular weight excluding hydrogens is 424 g/mol. The molecule has 1 heterocycles. The number of carbonyl (C=O) groups excluding carboxylic acids is 2. The van der Waals surface area contributed by atoms with Gasteiger partial charge in [0.05, 0.1) is 0 Å². The van der Waals surface area contributed by atoms with Gasteiger partial charge in [0.1, 0.15) is 5.78 Å². The second-order valence-electron chi connectivity index (χ2n) is 13.7. The van der Waals surface area contributed by atoms with Crippen LogP contribution in [0.25, 0.3) is 0 Å². The number of carbonyl (C=O) groups is 2. The van der Waals surface area contributed by atoms with Gasteiger partial charge in [-0.2, -0.15) is 0 Å². The topological polar surface area (TPSA) is 63.6 Å². The van der Waals surface area contributed by atoms with E-state index in [0.29, 0.717) is 36.0 Å². The zero-order valence-electron chi connectivity index (χ0n) is 22.3. The lowest BCUT2D eigenvalue weighted by molar-refractivity contribution is -0.185. The van der Waals surface area contributed by atoms with Crippen LogP contribution in [0.15, 0.2) is 22.8 Å². The van der Waals surface area contributed by atoms with Crippen molar-refractivity contribution in [2.75, 3.05) is 0 Å². The second-order valence-corrected chi connectivity index (χ2v) is 13.7. The van der Waals surface area contributed by atoms with Crippen molar-refractivity contribution >= 4 is 11.8 Å². The molecule has 0 bridgehead atoms. The minimum absolute atomic E-state index is 0.147. The Kier molecular flexibility index (Phi) is 5.22. The Balaban J connectivity index is 1.46. The highest BCUT2D eigenvalue weighted by atomic mass is 16.7. The van der Waals surface area contributed by atoms with E-state index in [1.807, 2.05) is 0 Å². The zero-order valence-corrected chi connectivity index (χ0v) is 22.3. The molecule has 4 aliphatic carbocycles. The molecule has 0 spiro atoms. The summed E-state index contributed by atoms with van der Waals surface area (Å²) in [5.41, 5.74) is 4.17. The lowest BCUT2D eigenvalue weighted by Crippen LogP contribution is -2.54. The number of hydrogen-bond donors (Lipinski definition) is 1. The predicted octanol–water partition coefficient (Wildman–Crippen LogP) is 6.52. The summed E-state index contributed by atoms with van der Waals surface area (Å²) in [5, 5.41) is 11.0. The van der Waals surface area contributed by atoms with Gasteiger partial charge in [-0.1, -0.05) is 52.7 Å². The van der Waals surface area contributed by atoms with Gasteiger partial charge < -0.3 is 9.84 Å². The molecule has 4 nitrogen and oxygen atoms in total. The normalized spacial score (nSPS) is 46.4. The number of ketones is 1. The molecule has 1 N–H and O–H groups in total. The first-order valence-corrected chi connectivity index (χ1v) is 13.6. The molecule has 0 aromatic heterocycles. The van der Waals surface area contributed by atoms with E-state index in [9.17, 15) is 14.7 Å². The van der Waals surface area contributed by atoms with Gasteiger partial charge in [0, 0.05) is 23.8 Å². The van der Waals surface area contributed by atoms with Crippen LogP contribution in [0.3, 0.4) is 0 Å². The first-order valence-electron chi connectivity index (χ1n) is 13.6. The van der Waals surface area contributed by atoms with Crippen molar-refractivity contribution in [2.45, 2.75) is 112 Å². The molecule has 0 aromatic carbocycles. The van der Waals surface area contributed by atoms with Crippen LogP contribution in [0.4, 0.5) is 0 Å². The third kappa shape index (κ3) is 3.06. The fourth-order valence-corrected chi connectivity index (χ4v) is 9.81. The standard InChI is InChI=1S/C30H44O4/c1-18(16-30(33)17-19(2)25(32)34-30)20-10-14-29(7)22-8-9-23-26(3,4)24(31)12-13-27(23,5)21(22)11-15-28(20,29)6/h17-18,20,23,33H,8-16H2,1-7H3. The monoisotopic (exact) mass is 468 g/mol. The summed E-state index contributed by atoms with van der Waals surface area (Å²) in [7, 11) is 0. The van der Waals surface area contributed by atoms with Crippen LogP contribution in [0.1, 0.15) is 106 Å². The first-order chi connectivity index (χ1) is 15.7. The number of cyclic esters (lactones) is 1. The summed E-state index contributed by atoms with van der Waals surface area (Å²) in [5.74, 6) is -0.212. The van der Waals surface area contributed by atoms with Crippen LogP contribution >= 0.6 is 0 Å². The van der Waals surface area contributed by atoms with E-state index in [4.69, 9.17) is 4.74 Å². The van der Waals surface area contributed by atoms with Crippen molar-refractivity contribution in [2.24, 2.45) is 39.4 Å². The molecule has 188 valence electrons. The fourth-order valence-electron chi connectivity index (χ4n) is 9.81. The van der Waals surface area contributed by atoms with Gasteiger partial charge in [0.2, 0.25) is 5.79 Å². The largest absolute Gasteiger partial charge is 0.426 e. The minimum atomic E-state index is -1.46. The van der Waals surface area contributed by atoms with Gasteiger partial charge in [-0.05, 0) is 91.9 Å². The number of Topliss-reactive ketones (excluding diaryl/α,β-unsaturated/α-hetero) is 1. The summed E-state index contributed by atoms with van der Waals surface area (Å²) >= 11 is 0. The molecule has 0 radical (unpaired) electrons. The van der Waals surface area contributed by atoms with E-state index in [-0.39, 0.29) is 27.6 Å². The molecule has 2 saturated carbocycles. The number of fused-ring (bicyclic) bond motifs is 4. The number of allylic oxidation sites excluding steroid dienone is 2. The lowest BCUT2D eigenvalue weighted by atomic mass is 9.43. The van der Waals surface area contributed by atoms with Gasteiger partial charge in [-0.3, -0.25) is 4.79 Å². The van der Waals surface area contributed by atoms with Crippen LogP contribution in [0, 0.1) is 39.4 Å². The molecule has 7 unspecified atom stereocenters. The van der Waals surface area contributed by atoms with Crippen molar-refractivity contribution in [1.29, 1.82) is 0 Å². The smallest absolute Gasteiger partial charge is 0.336 e. The average Bonchev–Trinajstić information content (AvgIpc) is 3.16. The maximum absolute atomic E-state index is 12.8. The van der Waals surface area contributed by atoms with Crippen molar-refractivity contribution in [3.8, 4) is 0 Å². The van der Waals surface area contributed by atoms with Gasteiger partial charge in [0.25, 0.3) is 0 Å². The molecule has 1 aliphatic heterocycles. The minimum Gasteiger partial charge on any atom is -0.426 e. The Hall–Kier alpha value is -1.42. The maximum atomic E-state index is 12.8. The fraction of sp³-hybridized carbons (Fsp3) is 0.800. The highest BCUT2D eigenvalue weighted by molar-refractivity contribution is 5.90. The summed E-state index contributed by atoms with van der Waals surface area (Å²) in [6.07, 6.45) is 10.7. The van der Waals surface area contributed by atoms with Crippen LogP contribution < -0.4 is 0 Å². The van der Waals surface area contributed by atoms with Crippen LogP contribution in [-0.2, 0) is 14.3 Å². The highest BCUT2D eigenvalue weighted by Crippen LogP contribution is 2.72. The Morgan fingerprint density at radius 1 is 1.00 bits per heavy atom. The SMILES string of the molecule is CC1=CC(O)(CC(C)C2CCC3(C)C4=C(CCC23C)C2(C)CCC(=O)C(C)(C)C2CC4)OC1=O. The summed E-state index contributed by atoms with van der Waals surface area (Å²) in [6, 6.07) is 0. The van der Waals surface area contributed by atoms with Gasteiger partial charge >= 0.3 is 5.97 Å². The highest BCUT2D eigenvalue weighted by Gasteiger charge is 2.63. The summed E-state index contributed by atoms with van der Waals surface area (Å²) < 4.78 is 5.36. The van der Waals surface area contributed by atoms with E-state index in [0.717, 1.165) is 32.1 Å². The molecule has 0 amide bonds. The van der Waals surface area contributed by atoms with E-state index < -0.39 is 11.8 Å². The summed E-state index contributed by atoms with van der Waals surface area (Å²) in [6.45, 7) is 15.8. The lowest BCUT2D eigenvalue weighted by Gasteiger charge is -2.61. The molecule has 4 heteroatoms.